The van der Waals surface area contributed by atoms with Crippen LogP contribution in [-0.2, 0) is 11.3 Å². The maximum absolute atomic E-state index is 11.7. The largest absolute Gasteiger partial charge is 0.491 e. The van der Waals surface area contributed by atoms with Crippen LogP contribution in [-0.4, -0.2) is 24.2 Å². The maximum Gasteiger partial charge on any atom is 0.223 e. The van der Waals surface area contributed by atoms with E-state index in [1.807, 2.05) is 38.1 Å². The van der Waals surface area contributed by atoms with E-state index in [-0.39, 0.29) is 25.0 Å². The van der Waals surface area contributed by atoms with Gasteiger partial charge in [0.2, 0.25) is 5.91 Å². The maximum atomic E-state index is 11.7. The minimum Gasteiger partial charge on any atom is -0.491 e. The predicted octanol–water partition coefficient (Wildman–Crippen LogP) is 1.72. The summed E-state index contributed by atoms with van der Waals surface area (Å²) in [4.78, 5) is 11.7. The van der Waals surface area contributed by atoms with Crippen molar-refractivity contribution in [2.24, 2.45) is 5.92 Å². The molecular weight excluding hydrogens is 230 g/mol. The van der Waals surface area contributed by atoms with Crippen LogP contribution < -0.4 is 10.1 Å². The van der Waals surface area contributed by atoms with E-state index in [0.717, 1.165) is 12.0 Å². The Bertz CT molecular complexity index is 379. The molecular formula is C14H21NO3. The van der Waals surface area contributed by atoms with Gasteiger partial charge in [-0.25, -0.2) is 0 Å². The molecule has 1 rings (SSSR count). The summed E-state index contributed by atoms with van der Waals surface area (Å²) >= 11 is 0. The molecule has 1 atom stereocenters. The Morgan fingerprint density at radius 3 is 2.83 bits per heavy atom. The lowest BCUT2D eigenvalue weighted by Gasteiger charge is -2.13. The first-order valence-corrected chi connectivity index (χ1v) is 6.28. The van der Waals surface area contributed by atoms with Crippen molar-refractivity contribution in [2.75, 3.05) is 13.2 Å². The van der Waals surface area contributed by atoms with Gasteiger partial charge >= 0.3 is 0 Å². The van der Waals surface area contributed by atoms with E-state index in [1.165, 1.54) is 0 Å². The third-order valence-corrected chi connectivity index (χ3v) is 2.83. The van der Waals surface area contributed by atoms with Gasteiger partial charge in [-0.15, -0.1) is 0 Å². The van der Waals surface area contributed by atoms with Gasteiger partial charge in [-0.05, 0) is 12.5 Å². The molecule has 1 unspecified atom stereocenters. The van der Waals surface area contributed by atoms with Crippen molar-refractivity contribution in [3.05, 3.63) is 29.8 Å². The van der Waals surface area contributed by atoms with Gasteiger partial charge in [0.05, 0.1) is 6.61 Å². The highest BCUT2D eigenvalue weighted by atomic mass is 16.5. The quantitative estimate of drug-likeness (QED) is 0.775. The normalized spacial score (nSPS) is 11.9. The molecule has 1 aromatic rings. The number of hydrogen-bond acceptors (Lipinski definition) is 3. The van der Waals surface area contributed by atoms with E-state index < -0.39 is 0 Å². The molecule has 0 aliphatic rings. The van der Waals surface area contributed by atoms with Crippen LogP contribution in [0.25, 0.3) is 0 Å². The molecule has 0 radical (unpaired) electrons. The van der Waals surface area contributed by atoms with Crippen molar-refractivity contribution in [1.29, 1.82) is 0 Å². The summed E-state index contributed by atoms with van der Waals surface area (Å²) in [7, 11) is 0. The molecule has 0 fully saturated rings. The van der Waals surface area contributed by atoms with Gasteiger partial charge in [0.1, 0.15) is 12.4 Å². The van der Waals surface area contributed by atoms with Crippen molar-refractivity contribution < 1.29 is 14.6 Å². The first-order chi connectivity index (χ1) is 8.69. The Labute approximate surface area is 108 Å². The molecule has 0 spiro atoms. The zero-order valence-electron chi connectivity index (χ0n) is 11.0. The summed E-state index contributed by atoms with van der Waals surface area (Å²) in [5, 5.41) is 11.6. The highest BCUT2D eigenvalue weighted by Gasteiger charge is 2.10. The first-order valence-electron chi connectivity index (χ1n) is 6.28. The highest BCUT2D eigenvalue weighted by molar-refractivity contribution is 5.78. The van der Waals surface area contributed by atoms with Gasteiger partial charge in [-0.3, -0.25) is 4.79 Å². The van der Waals surface area contributed by atoms with Crippen LogP contribution in [0.1, 0.15) is 25.8 Å². The monoisotopic (exact) mass is 251 g/mol. The van der Waals surface area contributed by atoms with Gasteiger partial charge < -0.3 is 15.2 Å². The van der Waals surface area contributed by atoms with Crippen LogP contribution in [0.3, 0.4) is 0 Å². The van der Waals surface area contributed by atoms with Crippen LogP contribution in [0.5, 0.6) is 5.75 Å². The van der Waals surface area contributed by atoms with Gasteiger partial charge in [0.25, 0.3) is 0 Å². The van der Waals surface area contributed by atoms with Crippen molar-refractivity contribution in [1.82, 2.24) is 5.32 Å². The molecule has 1 amide bonds. The summed E-state index contributed by atoms with van der Waals surface area (Å²) in [5.41, 5.74) is 0.919. The molecule has 4 heteroatoms. The van der Waals surface area contributed by atoms with E-state index in [9.17, 15) is 4.79 Å². The number of ether oxygens (including phenoxy) is 1. The molecule has 0 aliphatic carbocycles. The smallest absolute Gasteiger partial charge is 0.223 e. The topological polar surface area (TPSA) is 58.6 Å². The second-order valence-corrected chi connectivity index (χ2v) is 4.21. The summed E-state index contributed by atoms with van der Waals surface area (Å²) < 4.78 is 5.40. The van der Waals surface area contributed by atoms with E-state index in [1.54, 1.807) is 0 Å². The predicted molar refractivity (Wildman–Crippen MR) is 70.3 cm³/mol. The molecule has 0 heterocycles. The highest BCUT2D eigenvalue weighted by Crippen LogP contribution is 2.17. The number of benzene rings is 1. The second-order valence-electron chi connectivity index (χ2n) is 4.21. The summed E-state index contributed by atoms with van der Waals surface area (Å²) in [6.45, 7) is 4.58. The fourth-order valence-corrected chi connectivity index (χ4v) is 1.49. The van der Waals surface area contributed by atoms with Gasteiger partial charge in [0.15, 0.2) is 0 Å². The third kappa shape index (κ3) is 4.37. The van der Waals surface area contributed by atoms with Gasteiger partial charge in [-0.1, -0.05) is 32.0 Å². The first kappa shape index (κ1) is 14.5. The molecule has 0 aliphatic heterocycles. The minimum atomic E-state index is -0.0203. The Balaban J connectivity index is 2.58. The number of aliphatic hydroxyl groups excluding tert-OH is 1. The third-order valence-electron chi connectivity index (χ3n) is 2.83. The van der Waals surface area contributed by atoms with Crippen molar-refractivity contribution >= 4 is 5.91 Å². The summed E-state index contributed by atoms with van der Waals surface area (Å²) in [5.74, 6) is 0.779. The average Bonchev–Trinajstić information content (AvgIpc) is 2.42. The number of carbonyl (C=O) groups excluding carboxylic acids is 1. The molecule has 0 saturated carbocycles. The molecule has 0 bridgehead atoms. The lowest BCUT2D eigenvalue weighted by atomic mass is 10.1. The number of amides is 1. The van der Waals surface area contributed by atoms with E-state index in [2.05, 4.69) is 5.32 Å². The molecule has 2 N–H and O–H groups in total. The van der Waals surface area contributed by atoms with Crippen molar-refractivity contribution in [3.8, 4) is 5.75 Å². The molecule has 1 aromatic carbocycles. The molecule has 100 valence electrons. The second kappa shape index (κ2) is 7.71. The van der Waals surface area contributed by atoms with E-state index >= 15 is 0 Å². The number of carbonyl (C=O) groups is 1. The van der Waals surface area contributed by atoms with Crippen LogP contribution in [0, 0.1) is 5.92 Å². The van der Waals surface area contributed by atoms with Crippen LogP contribution in [0.2, 0.25) is 0 Å². The zero-order chi connectivity index (χ0) is 13.4. The Kier molecular flexibility index (Phi) is 6.22. The summed E-state index contributed by atoms with van der Waals surface area (Å²) in [6.07, 6.45) is 0.828. The zero-order valence-corrected chi connectivity index (χ0v) is 11.0. The Hall–Kier alpha value is -1.55. The number of rotatable bonds is 7. The van der Waals surface area contributed by atoms with Crippen LogP contribution >= 0.6 is 0 Å². The number of hydrogen-bond donors (Lipinski definition) is 2. The van der Waals surface area contributed by atoms with Crippen molar-refractivity contribution in [3.63, 3.8) is 0 Å². The van der Waals surface area contributed by atoms with E-state index in [0.29, 0.717) is 12.3 Å². The van der Waals surface area contributed by atoms with Crippen LogP contribution in [0.15, 0.2) is 24.3 Å². The SMILES string of the molecule is CCC(C)C(=O)NCc1ccccc1OCCO. The Morgan fingerprint density at radius 1 is 1.44 bits per heavy atom. The molecule has 18 heavy (non-hydrogen) atoms. The number of aliphatic hydroxyl groups is 1. The van der Waals surface area contributed by atoms with Crippen LogP contribution in [0.4, 0.5) is 0 Å². The Morgan fingerprint density at radius 2 is 2.17 bits per heavy atom. The number of para-hydroxylation sites is 1. The van der Waals surface area contributed by atoms with Crippen molar-refractivity contribution in [2.45, 2.75) is 26.8 Å². The number of nitrogens with one attached hydrogen (secondary N) is 1. The summed E-state index contributed by atoms with van der Waals surface area (Å²) in [6, 6.07) is 7.51. The lowest BCUT2D eigenvalue weighted by molar-refractivity contribution is -0.124. The fourth-order valence-electron chi connectivity index (χ4n) is 1.49. The van der Waals surface area contributed by atoms with Gasteiger partial charge in [0, 0.05) is 18.0 Å². The average molecular weight is 251 g/mol. The standard InChI is InChI=1S/C14H21NO3/c1-3-11(2)14(17)15-10-12-6-4-5-7-13(12)18-9-8-16/h4-7,11,16H,3,8-10H2,1-2H3,(H,15,17). The molecule has 0 saturated heterocycles. The van der Waals surface area contributed by atoms with E-state index in [4.69, 9.17) is 9.84 Å². The fraction of sp³-hybridized carbons (Fsp3) is 0.500. The lowest BCUT2D eigenvalue weighted by Crippen LogP contribution is -2.28. The molecule has 0 aromatic heterocycles. The molecule has 4 nitrogen and oxygen atoms in total. The minimum absolute atomic E-state index is 0.0203. The van der Waals surface area contributed by atoms with Gasteiger partial charge in [-0.2, -0.15) is 0 Å².